The summed E-state index contributed by atoms with van der Waals surface area (Å²) >= 11 is 0. The molecule has 1 unspecified atom stereocenters. The SMILES string of the molecule is CNC(=O)[C@H](C)NC(=O)C(O)c1ccc(-c2noc(-c3onc(-c4ccccc4)c3C(F)(F)F)n2)cc1. The summed E-state index contributed by atoms with van der Waals surface area (Å²) in [5.41, 5.74) is -0.820. The Morgan fingerprint density at radius 3 is 2.24 bits per heavy atom. The van der Waals surface area contributed by atoms with Crippen molar-refractivity contribution in [3.63, 3.8) is 0 Å². The monoisotopic (exact) mass is 515 g/mol. The first-order valence-electron chi connectivity index (χ1n) is 10.9. The van der Waals surface area contributed by atoms with E-state index in [0.29, 0.717) is 5.56 Å². The van der Waals surface area contributed by atoms with Crippen molar-refractivity contribution >= 4 is 11.8 Å². The average Bonchev–Trinajstić information content (AvgIpc) is 3.56. The fourth-order valence-electron chi connectivity index (χ4n) is 3.47. The molecule has 2 atom stereocenters. The third kappa shape index (κ3) is 5.35. The number of likely N-dealkylation sites (N-methyl/N-ethyl adjacent to an activating group) is 1. The molecule has 0 aliphatic rings. The summed E-state index contributed by atoms with van der Waals surface area (Å²) in [7, 11) is 1.41. The summed E-state index contributed by atoms with van der Waals surface area (Å²) in [5.74, 6) is -2.52. The predicted octanol–water partition coefficient (Wildman–Crippen LogP) is 3.36. The molecule has 2 heterocycles. The summed E-state index contributed by atoms with van der Waals surface area (Å²) in [6, 6.07) is 12.6. The van der Waals surface area contributed by atoms with Crippen molar-refractivity contribution in [3.05, 3.63) is 65.7 Å². The second-order valence-electron chi connectivity index (χ2n) is 7.89. The summed E-state index contributed by atoms with van der Waals surface area (Å²) < 4.78 is 51.7. The topological polar surface area (TPSA) is 143 Å². The molecule has 0 saturated carbocycles. The number of amides is 2. The highest BCUT2D eigenvalue weighted by atomic mass is 19.4. The molecule has 2 amide bonds. The fraction of sp³-hybridized carbons (Fsp3) is 0.208. The molecule has 37 heavy (non-hydrogen) atoms. The van der Waals surface area contributed by atoms with E-state index in [1.54, 1.807) is 18.2 Å². The molecule has 0 bridgehead atoms. The summed E-state index contributed by atoms with van der Waals surface area (Å²) in [6.45, 7) is 1.46. The molecule has 0 aliphatic heterocycles. The van der Waals surface area contributed by atoms with Crippen LogP contribution in [0.1, 0.15) is 24.2 Å². The number of carbonyl (C=O) groups excluding carboxylic acids is 2. The molecule has 4 rings (SSSR count). The number of alkyl halides is 3. The number of halogens is 3. The Labute approximate surface area is 207 Å². The number of benzene rings is 2. The second-order valence-corrected chi connectivity index (χ2v) is 7.89. The van der Waals surface area contributed by atoms with E-state index in [9.17, 15) is 27.9 Å². The first-order valence-corrected chi connectivity index (χ1v) is 10.9. The number of rotatable bonds is 7. The second kappa shape index (κ2) is 10.2. The van der Waals surface area contributed by atoms with Gasteiger partial charge in [-0.05, 0) is 12.5 Å². The first-order chi connectivity index (χ1) is 17.6. The Morgan fingerprint density at radius 2 is 1.62 bits per heavy atom. The highest BCUT2D eigenvalue weighted by Crippen LogP contribution is 2.43. The third-order valence-electron chi connectivity index (χ3n) is 5.37. The molecule has 192 valence electrons. The molecule has 10 nitrogen and oxygen atoms in total. The zero-order chi connectivity index (χ0) is 26.7. The highest BCUT2D eigenvalue weighted by molar-refractivity contribution is 5.89. The minimum absolute atomic E-state index is 0.0560. The lowest BCUT2D eigenvalue weighted by atomic mass is 10.1. The van der Waals surface area contributed by atoms with Crippen molar-refractivity contribution < 1.29 is 36.9 Å². The number of nitrogens with one attached hydrogen (secondary N) is 2. The minimum atomic E-state index is -4.82. The standard InChI is InChI=1S/C24H20F3N5O5/c1-12(21(34)28-2)29-22(35)18(33)14-8-10-15(11-9-14)20-30-23(37-32-20)19-16(24(25,26)27)17(31-36-19)13-6-4-3-5-7-13/h3-12,18,33H,1-2H3,(H,28,34)(H,29,35)/t12-,18?/m0/s1. The molecule has 3 N–H and O–H groups in total. The van der Waals surface area contributed by atoms with E-state index in [2.05, 4.69) is 25.9 Å². The van der Waals surface area contributed by atoms with Gasteiger partial charge in [0, 0.05) is 18.2 Å². The summed E-state index contributed by atoms with van der Waals surface area (Å²) in [5, 5.41) is 22.3. The molecule has 2 aromatic carbocycles. The molecular formula is C24H20F3N5O5. The van der Waals surface area contributed by atoms with Crippen LogP contribution >= 0.6 is 0 Å². The summed E-state index contributed by atoms with van der Waals surface area (Å²) in [6.07, 6.45) is -6.38. The van der Waals surface area contributed by atoms with Crippen LogP contribution in [-0.2, 0) is 15.8 Å². The Kier molecular flexibility index (Phi) is 7.07. The number of carbonyl (C=O) groups is 2. The molecule has 13 heteroatoms. The van der Waals surface area contributed by atoms with Crippen LogP contribution in [0.4, 0.5) is 13.2 Å². The van der Waals surface area contributed by atoms with Crippen LogP contribution in [0.2, 0.25) is 0 Å². The average molecular weight is 515 g/mol. The lowest BCUT2D eigenvalue weighted by molar-refractivity contribution is -0.137. The molecular weight excluding hydrogens is 495 g/mol. The Morgan fingerprint density at radius 1 is 0.946 bits per heavy atom. The number of nitrogens with zero attached hydrogens (tertiary/aromatic N) is 3. The summed E-state index contributed by atoms with van der Waals surface area (Å²) in [4.78, 5) is 27.8. The van der Waals surface area contributed by atoms with E-state index in [-0.39, 0.29) is 17.0 Å². The maximum Gasteiger partial charge on any atom is 0.422 e. The van der Waals surface area contributed by atoms with Crippen LogP contribution in [0, 0.1) is 0 Å². The normalized spacial score (nSPS) is 13.1. The number of hydrogen-bond donors (Lipinski definition) is 3. The lowest BCUT2D eigenvalue weighted by Gasteiger charge is -2.16. The maximum atomic E-state index is 13.9. The molecule has 0 fully saturated rings. The van der Waals surface area contributed by atoms with Gasteiger partial charge in [-0.2, -0.15) is 18.2 Å². The molecule has 0 radical (unpaired) electrons. The van der Waals surface area contributed by atoms with Crippen LogP contribution in [0.3, 0.4) is 0 Å². The number of aliphatic hydroxyl groups is 1. The van der Waals surface area contributed by atoms with E-state index in [4.69, 9.17) is 9.05 Å². The Hall–Kier alpha value is -4.52. The van der Waals surface area contributed by atoms with E-state index < -0.39 is 53.0 Å². The van der Waals surface area contributed by atoms with Crippen LogP contribution in [0.25, 0.3) is 34.3 Å². The van der Waals surface area contributed by atoms with Gasteiger partial charge in [0.25, 0.3) is 11.8 Å². The van der Waals surface area contributed by atoms with Gasteiger partial charge in [0.05, 0.1) is 0 Å². The van der Waals surface area contributed by atoms with Crippen molar-refractivity contribution in [2.75, 3.05) is 7.05 Å². The zero-order valence-electron chi connectivity index (χ0n) is 19.4. The maximum absolute atomic E-state index is 13.9. The van der Waals surface area contributed by atoms with Crippen molar-refractivity contribution in [1.29, 1.82) is 0 Å². The smallest absolute Gasteiger partial charge is 0.378 e. The quantitative estimate of drug-likeness (QED) is 0.340. The van der Waals surface area contributed by atoms with E-state index >= 15 is 0 Å². The van der Waals surface area contributed by atoms with Gasteiger partial charge in [0.1, 0.15) is 17.3 Å². The van der Waals surface area contributed by atoms with Crippen LogP contribution in [0.5, 0.6) is 0 Å². The number of aliphatic hydroxyl groups excluding tert-OH is 1. The molecule has 0 saturated heterocycles. The van der Waals surface area contributed by atoms with Gasteiger partial charge in [-0.25, -0.2) is 0 Å². The van der Waals surface area contributed by atoms with Gasteiger partial charge >= 0.3 is 6.18 Å². The van der Waals surface area contributed by atoms with Crippen molar-refractivity contribution in [2.45, 2.75) is 25.2 Å². The van der Waals surface area contributed by atoms with E-state index in [0.717, 1.165) is 0 Å². The fourth-order valence-corrected chi connectivity index (χ4v) is 3.47. The lowest BCUT2D eigenvalue weighted by Crippen LogP contribution is -2.45. The molecule has 2 aromatic heterocycles. The zero-order valence-corrected chi connectivity index (χ0v) is 19.4. The largest absolute Gasteiger partial charge is 0.422 e. The van der Waals surface area contributed by atoms with Gasteiger partial charge in [-0.1, -0.05) is 64.9 Å². The van der Waals surface area contributed by atoms with Gasteiger partial charge in [-0.3, -0.25) is 9.59 Å². The number of hydrogen-bond acceptors (Lipinski definition) is 8. The van der Waals surface area contributed by atoms with Crippen LogP contribution in [0.15, 0.2) is 63.6 Å². The minimum Gasteiger partial charge on any atom is -0.378 e. The van der Waals surface area contributed by atoms with Gasteiger partial charge in [0.15, 0.2) is 6.10 Å². The van der Waals surface area contributed by atoms with Crippen molar-refractivity contribution in [3.8, 4) is 34.3 Å². The molecule has 0 aliphatic carbocycles. The van der Waals surface area contributed by atoms with E-state index in [1.165, 1.54) is 50.4 Å². The van der Waals surface area contributed by atoms with Crippen molar-refractivity contribution in [1.82, 2.24) is 25.9 Å². The molecule has 0 spiro atoms. The molecule has 4 aromatic rings. The first kappa shape index (κ1) is 25.6. The van der Waals surface area contributed by atoms with Crippen molar-refractivity contribution in [2.24, 2.45) is 0 Å². The Bertz CT molecular complexity index is 1400. The van der Waals surface area contributed by atoms with Gasteiger partial charge in [-0.15, -0.1) is 0 Å². The third-order valence-corrected chi connectivity index (χ3v) is 5.37. The van der Waals surface area contributed by atoms with Gasteiger partial charge in [0.2, 0.25) is 17.5 Å². The van der Waals surface area contributed by atoms with Gasteiger partial charge < -0.3 is 24.8 Å². The highest BCUT2D eigenvalue weighted by Gasteiger charge is 2.43. The van der Waals surface area contributed by atoms with Crippen LogP contribution in [-0.4, -0.2) is 45.3 Å². The van der Waals surface area contributed by atoms with Crippen LogP contribution < -0.4 is 10.6 Å². The predicted molar refractivity (Wildman–Crippen MR) is 122 cm³/mol. The Balaban J connectivity index is 1.57. The van der Waals surface area contributed by atoms with E-state index in [1.807, 2.05) is 0 Å². The number of aromatic nitrogens is 3.